The van der Waals surface area contributed by atoms with Gasteiger partial charge in [-0.1, -0.05) is 6.07 Å². The minimum absolute atomic E-state index is 0.289. The van der Waals surface area contributed by atoms with Crippen molar-refractivity contribution in [3.8, 4) is 0 Å². The number of hydrogen-bond donors (Lipinski definition) is 1. The van der Waals surface area contributed by atoms with E-state index in [1.54, 1.807) is 13.3 Å². The molecule has 1 N–H and O–H groups in total. The Morgan fingerprint density at radius 2 is 2.23 bits per heavy atom. The molecule has 0 spiro atoms. The zero-order chi connectivity index (χ0) is 9.84. The fourth-order valence-corrected chi connectivity index (χ4v) is 1.31. The highest BCUT2D eigenvalue weighted by molar-refractivity contribution is 5.24. The Bertz CT molecular complexity index is 286. The lowest BCUT2D eigenvalue weighted by molar-refractivity contribution is 0.0613. The standard InChI is InChI=1S/C10H15NO2/c1-7-4-8(2)10(11-5-7)9(12)6-13-3/h4-5,9,12H,6H2,1-3H3. The molecule has 0 aliphatic rings. The highest BCUT2D eigenvalue weighted by atomic mass is 16.5. The molecule has 0 saturated carbocycles. The first-order valence-corrected chi connectivity index (χ1v) is 4.25. The molecule has 1 aromatic rings. The van der Waals surface area contributed by atoms with Crippen LogP contribution in [0.4, 0.5) is 0 Å². The van der Waals surface area contributed by atoms with Crippen molar-refractivity contribution in [2.24, 2.45) is 0 Å². The molecule has 0 aliphatic heterocycles. The molecule has 0 radical (unpaired) electrons. The summed E-state index contributed by atoms with van der Waals surface area (Å²) < 4.78 is 4.85. The van der Waals surface area contributed by atoms with Crippen LogP contribution in [0.3, 0.4) is 0 Å². The molecule has 72 valence electrons. The molecule has 3 nitrogen and oxygen atoms in total. The van der Waals surface area contributed by atoms with Gasteiger partial charge in [0.05, 0.1) is 12.3 Å². The monoisotopic (exact) mass is 181 g/mol. The lowest BCUT2D eigenvalue weighted by Gasteiger charge is -2.11. The average molecular weight is 181 g/mol. The van der Waals surface area contributed by atoms with Crippen molar-refractivity contribution in [1.29, 1.82) is 0 Å². The maximum Gasteiger partial charge on any atom is 0.119 e. The van der Waals surface area contributed by atoms with Crippen LogP contribution in [0.5, 0.6) is 0 Å². The van der Waals surface area contributed by atoms with Crippen molar-refractivity contribution in [2.45, 2.75) is 20.0 Å². The Morgan fingerprint density at radius 1 is 1.54 bits per heavy atom. The van der Waals surface area contributed by atoms with Gasteiger partial charge < -0.3 is 9.84 Å². The van der Waals surface area contributed by atoms with Gasteiger partial charge in [0.1, 0.15) is 6.10 Å². The zero-order valence-corrected chi connectivity index (χ0v) is 8.24. The van der Waals surface area contributed by atoms with Crippen LogP contribution in [0.2, 0.25) is 0 Å². The topological polar surface area (TPSA) is 42.4 Å². The van der Waals surface area contributed by atoms with Crippen LogP contribution >= 0.6 is 0 Å². The Morgan fingerprint density at radius 3 is 2.77 bits per heavy atom. The lowest BCUT2D eigenvalue weighted by Crippen LogP contribution is -2.09. The molecule has 0 aromatic carbocycles. The first kappa shape index (κ1) is 10.2. The second kappa shape index (κ2) is 4.35. The van der Waals surface area contributed by atoms with E-state index in [2.05, 4.69) is 4.98 Å². The van der Waals surface area contributed by atoms with Crippen molar-refractivity contribution in [1.82, 2.24) is 4.98 Å². The van der Waals surface area contributed by atoms with Gasteiger partial charge in [0.25, 0.3) is 0 Å². The molecule has 1 unspecified atom stereocenters. The number of methoxy groups -OCH3 is 1. The molecule has 13 heavy (non-hydrogen) atoms. The van der Waals surface area contributed by atoms with Crippen LogP contribution in [-0.4, -0.2) is 23.8 Å². The predicted octanol–water partition coefficient (Wildman–Crippen LogP) is 1.38. The van der Waals surface area contributed by atoms with E-state index >= 15 is 0 Å². The third-order valence-corrected chi connectivity index (χ3v) is 1.90. The molecular weight excluding hydrogens is 166 g/mol. The first-order chi connectivity index (χ1) is 6.15. The van der Waals surface area contributed by atoms with Crippen LogP contribution in [0.25, 0.3) is 0 Å². The van der Waals surface area contributed by atoms with E-state index in [4.69, 9.17) is 4.74 Å². The Labute approximate surface area is 78.4 Å². The molecular formula is C10H15NO2. The number of pyridine rings is 1. The van der Waals surface area contributed by atoms with Crippen molar-refractivity contribution in [3.63, 3.8) is 0 Å². The molecule has 0 bridgehead atoms. The number of aliphatic hydroxyl groups excluding tert-OH is 1. The summed E-state index contributed by atoms with van der Waals surface area (Å²) in [5.74, 6) is 0. The number of nitrogens with zero attached hydrogens (tertiary/aromatic N) is 1. The van der Waals surface area contributed by atoms with Crippen LogP contribution in [0.15, 0.2) is 12.3 Å². The summed E-state index contributed by atoms with van der Waals surface area (Å²) in [6.45, 7) is 4.21. The molecule has 0 amide bonds. The largest absolute Gasteiger partial charge is 0.384 e. The quantitative estimate of drug-likeness (QED) is 0.766. The van der Waals surface area contributed by atoms with E-state index in [9.17, 15) is 5.11 Å². The molecule has 0 aliphatic carbocycles. The summed E-state index contributed by atoms with van der Waals surface area (Å²) in [6.07, 6.45) is 1.13. The highest BCUT2D eigenvalue weighted by Gasteiger charge is 2.10. The number of rotatable bonds is 3. The normalized spacial score (nSPS) is 12.9. The lowest BCUT2D eigenvalue weighted by atomic mass is 10.1. The summed E-state index contributed by atoms with van der Waals surface area (Å²) in [5, 5.41) is 9.60. The van der Waals surface area contributed by atoms with Crippen molar-refractivity contribution < 1.29 is 9.84 Å². The van der Waals surface area contributed by atoms with E-state index in [0.717, 1.165) is 11.1 Å². The first-order valence-electron chi connectivity index (χ1n) is 4.25. The van der Waals surface area contributed by atoms with Gasteiger partial charge in [-0.15, -0.1) is 0 Å². The average Bonchev–Trinajstić information content (AvgIpc) is 2.04. The summed E-state index contributed by atoms with van der Waals surface area (Å²) >= 11 is 0. The van der Waals surface area contributed by atoms with Gasteiger partial charge in [-0.3, -0.25) is 4.98 Å². The summed E-state index contributed by atoms with van der Waals surface area (Å²) in [5.41, 5.74) is 2.81. The predicted molar refractivity (Wildman–Crippen MR) is 50.5 cm³/mol. The number of ether oxygens (including phenoxy) is 1. The van der Waals surface area contributed by atoms with Gasteiger partial charge in [-0.05, 0) is 25.0 Å². The summed E-state index contributed by atoms with van der Waals surface area (Å²) in [7, 11) is 1.56. The maximum absolute atomic E-state index is 9.60. The SMILES string of the molecule is COCC(O)c1ncc(C)cc1C. The Hall–Kier alpha value is -0.930. The van der Waals surface area contributed by atoms with Gasteiger partial charge in [0.15, 0.2) is 0 Å². The molecule has 1 rings (SSSR count). The van der Waals surface area contributed by atoms with Gasteiger partial charge in [0, 0.05) is 13.3 Å². The number of aliphatic hydroxyl groups is 1. The minimum Gasteiger partial charge on any atom is -0.384 e. The van der Waals surface area contributed by atoms with Gasteiger partial charge in [-0.2, -0.15) is 0 Å². The van der Waals surface area contributed by atoms with Gasteiger partial charge in [0.2, 0.25) is 0 Å². The van der Waals surface area contributed by atoms with Crippen molar-refractivity contribution in [3.05, 3.63) is 29.1 Å². The van der Waals surface area contributed by atoms with Gasteiger partial charge in [-0.25, -0.2) is 0 Å². The molecule has 3 heteroatoms. The fourth-order valence-electron chi connectivity index (χ4n) is 1.31. The van der Waals surface area contributed by atoms with E-state index < -0.39 is 6.10 Å². The fraction of sp³-hybridized carbons (Fsp3) is 0.500. The van der Waals surface area contributed by atoms with Gasteiger partial charge >= 0.3 is 0 Å². The van der Waals surface area contributed by atoms with Crippen LogP contribution in [0.1, 0.15) is 22.9 Å². The second-order valence-electron chi connectivity index (χ2n) is 3.19. The van der Waals surface area contributed by atoms with E-state index in [0.29, 0.717) is 5.69 Å². The third-order valence-electron chi connectivity index (χ3n) is 1.90. The minimum atomic E-state index is -0.620. The van der Waals surface area contributed by atoms with Crippen LogP contribution < -0.4 is 0 Å². The van der Waals surface area contributed by atoms with E-state index in [1.165, 1.54) is 0 Å². The van der Waals surface area contributed by atoms with Crippen LogP contribution in [-0.2, 0) is 4.74 Å². The number of hydrogen-bond acceptors (Lipinski definition) is 3. The molecule has 1 aromatic heterocycles. The zero-order valence-electron chi connectivity index (χ0n) is 8.24. The Balaban J connectivity index is 2.88. The highest BCUT2D eigenvalue weighted by Crippen LogP contribution is 2.15. The molecule has 0 saturated heterocycles. The van der Waals surface area contributed by atoms with E-state index in [1.807, 2.05) is 19.9 Å². The van der Waals surface area contributed by atoms with Crippen molar-refractivity contribution in [2.75, 3.05) is 13.7 Å². The second-order valence-corrected chi connectivity index (χ2v) is 3.19. The maximum atomic E-state index is 9.60. The van der Waals surface area contributed by atoms with E-state index in [-0.39, 0.29) is 6.61 Å². The molecule has 1 heterocycles. The summed E-state index contributed by atoms with van der Waals surface area (Å²) in [6, 6.07) is 2.00. The third kappa shape index (κ3) is 2.50. The molecule has 0 fully saturated rings. The summed E-state index contributed by atoms with van der Waals surface area (Å²) in [4.78, 5) is 4.17. The van der Waals surface area contributed by atoms with Crippen molar-refractivity contribution >= 4 is 0 Å². The number of aromatic nitrogens is 1. The number of aryl methyl sites for hydroxylation is 2. The smallest absolute Gasteiger partial charge is 0.119 e. The Kier molecular flexibility index (Phi) is 3.39. The molecule has 1 atom stereocenters. The van der Waals surface area contributed by atoms with Crippen LogP contribution in [0, 0.1) is 13.8 Å².